The fourth-order valence-corrected chi connectivity index (χ4v) is 1.34. The number of amides is 1. The Morgan fingerprint density at radius 1 is 1.50 bits per heavy atom. The average Bonchev–Trinajstić information content (AvgIpc) is 2.29. The highest BCUT2D eigenvalue weighted by molar-refractivity contribution is 5.94. The van der Waals surface area contributed by atoms with Gasteiger partial charge in [0.25, 0.3) is 5.91 Å². The van der Waals surface area contributed by atoms with Gasteiger partial charge in [-0.05, 0) is 37.1 Å². The van der Waals surface area contributed by atoms with E-state index in [0.717, 1.165) is 0 Å². The van der Waals surface area contributed by atoms with Gasteiger partial charge in [-0.25, -0.2) is 0 Å². The molecular formula is C12H17NO3. The summed E-state index contributed by atoms with van der Waals surface area (Å²) in [6, 6.07) is 4.45. The van der Waals surface area contributed by atoms with Crippen molar-refractivity contribution in [3.8, 4) is 5.75 Å². The number of rotatable bonds is 4. The number of aliphatic hydroxyl groups excluding tert-OH is 1. The zero-order valence-corrected chi connectivity index (χ0v) is 9.53. The van der Waals surface area contributed by atoms with E-state index in [0.29, 0.717) is 17.5 Å². The van der Waals surface area contributed by atoms with Crippen LogP contribution in [0, 0.1) is 6.92 Å². The molecule has 0 fully saturated rings. The number of nitrogens with one attached hydrogen (secondary N) is 1. The number of aromatic hydroxyl groups is 1. The maximum atomic E-state index is 11.7. The van der Waals surface area contributed by atoms with E-state index in [1.54, 1.807) is 19.1 Å². The molecule has 0 spiro atoms. The van der Waals surface area contributed by atoms with Crippen LogP contribution in [0.2, 0.25) is 0 Å². The molecule has 88 valence electrons. The summed E-state index contributed by atoms with van der Waals surface area (Å²) in [6.07, 6.45) is 0.680. The molecule has 1 atom stereocenters. The number of carbonyl (C=O) groups is 1. The van der Waals surface area contributed by atoms with Crippen molar-refractivity contribution in [2.75, 3.05) is 6.61 Å². The summed E-state index contributed by atoms with van der Waals surface area (Å²) in [5, 5.41) is 21.0. The molecule has 0 aromatic heterocycles. The Hall–Kier alpha value is -1.55. The number of carbonyl (C=O) groups excluding carboxylic acids is 1. The van der Waals surface area contributed by atoms with Gasteiger partial charge in [0, 0.05) is 5.56 Å². The first-order valence-electron chi connectivity index (χ1n) is 5.29. The molecule has 1 aromatic carbocycles. The van der Waals surface area contributed by atoms with Crippen molar-refractivity contribution in [2.24, 2.45) is 0 Å². The lowest BCUT2D eigenvalue weighted by atomic mass is 10.1. The van der Waals surface area contributed by atoms with E-state index in [4.69, 9.17) is 5.11 Å². The Morgan fingerprint density at radius 3 is 2.69 bits per heavy atom. The maximum absolute atomic E-state index is 11.7. The molecule has 0 aliphatic carbocycles. The van der Waals surface area contributed by atoms with Crippen LogP contribution in [0.5, 0.6) is 5.75 Å². The van der Waals surface area contributed by atoms with Crippen molar-refractivity contribution in [2.45, 2.75) is 26.3 Å². The van der Waals surface area contributed by atoms with Gasteiger partial charge in [-0.15, -0.1) is 0 Å². The first-order chi connectivity index (χ1) is 7.58. The molecule has 4 heteroatoms. The van der Waals surface area contributed by atoms with Crippen molar-refractivity contribution >= 4 is 5.91 Å². The first-order valence-corrected chi connectivity index (χ1v) is 5.29. The average molecular weight is 223 g/mol. The molecule has 0 aliphatic rings. The molecule has 0 heterocycles. The predicted octanol–water partition coefficient (Wildman–Crippen LogP) is 1.20. The minimum absolute atomic E-state index is 0.0701. The molecule has 0 unspecified atom stereocenters. The molecule has 16 heavy (non-hydrogen) atoms. The standard InChI is InChI=1S/C12H17NO3/c1-3-10(7-14)13-12(16)9-4-5-11(15)8(2)6-9/h4-6,10,14-15H,3,7H2,1-2H3,(H,13,16)/t10-/m1/s1. The zero-order chi connectivity index (χ0) is 12.1. The lowest BCUT2D eigenvalue weighted by Crippen LogP contribution is -2.36. The van der Waals surface area contributed by atoms with Gasteiger partial charge < -0.3 is 15.5 Å². The lowest BCUT2D eigenvalue weighted by molar-refractivity contribution is 0.0915. The van der Waals surface area contributed by atoms with Crippen LogP contribution in [0.4, 0.5) is 0 Å². The summed E-state index contributed by atoms with van der Waals surface area (Å²) in [6.45, 7) is 3.55. The summed E-state index contributed by atoms with van der Waals surface area (Å²) in [5.41, 5.74) is 1.15. The van der Waals surface area contributed by atoms with Crippen molar-refractivity contribution < 1.29 is 15.0 Å². The van der Waals surface area contributed by atoms with Gasteiger partial charge in [0.05, 0.1) is 12.6 Å². The number of benzene rings is 1. The van der Waals surface area contributed by atoms with Gasteiger partial charge in [0.15, 0.2) is 0 Å². The van der Waals surface area contributed by atoms with Crippen molar-refractivity contribution in [3.05, 3.63) is 29.3 Å². The molecule has 1 rings (SSSR count). The highest BCUT2D eigenvalue weighted by Crippen LogP contribution is 2.16. The largest absolute Gasteiger partial charge is 0.508 e. The molecule has 4 nitrogen and oxygen atoms in total. The Kier molecular flexibility index (Phi) is 4.31. The minimum atomic E-state index is -0.232. The third-order valence-corrected chi connectivity index (χ3v) is 2.51. The van der Waals surface area contributed by atoms with Crippen LogP contribution in [0.15, 0.2) is 18.2 Å². The number of phenolic OH excluding ortho intramolecular Hbond substituents is 1. The molecule has 0 bridgehead atoms. The van der Waals surface area contributed by atoms with Gasteiger partial charge >= 0.3 is 0 Å². The second kappa shape index (κ2) is 5.51. The van der Waals surface area contributed by atoms with E-state index >= 15 is 0 Å². The highest BCUT2D eigenvalue weighted by Gasteiger charge is 2.11. The molecule has 0 aliphatic heterocycles. The van der Waals surface area contributed by atoms with Crippen LogP contribution in [0.25, 0.3) is 0 Å². The quantitative estimate of drug-likeness (QED) is 0.718. The fraction of sp³-hybridized carbons (Fsp3) is 0.417. The molecule has 0 radical (unpaired) electrons. The van der Waals surface area contributed by atoms with E-state index < -0.39 is 0 Å². The SMILES string of the molecule is CC[C@H](CO)NC(=O)c1ccc(O)c(C)c1. The highest BCUT2D eigenvalue weighted by atomic mass is 16.3. The van der Waals surface area contributed by atoms with Gasteiger partial charge in [0.1, 0.15) is 5.75 Å². The van der Waals surface area contributed by atoms with Crippen molar-refractivity contribution in [3.63, 3.8) is 0 Å². The second-order valence-corrected chi connectivity index (χ2v) is 3.76. The van der Waals surface area contributed by atoms with Crippen molar-refractivity contribution in [1.82, 2.24) is 5.32 Å². The first kappa shape index (κ1) is 12.5. The van der Waals surface area contributed by atoms with E-state index in [1.165, 1.54) is 6.07 Å². The van der Waals surface area contributed by atoms with Crippen LogP contribution < -0.4 is 5.32 Å². The summed E-state index contributed by atoms with van der Waals surface area (Å²) >= 11 is 0. The second-order valence-electron chi connectivity index (χ2n) is 3.76. The number of aryl methyl sites for hydroxylation is 1. The zero-order valence-electron chi connectivity index (χ0n) is 9.53. The van der Waals surface area contributed by atoms with Gasteiger partial charge in [-0.1, -0.05) is 6.92 Å². The minimum Gasteiger partial charge on any atom is -0.508 e. The molecule has 0 saturated carbocycles. The smallest absolute Gasteiger partial charge is 0.251 e. The van der Waals surface area contributed by atoms with Crippen LogP contribution in [0.3, 0.4) is 0 Å². The summed E-state index contributed by atoms with van der Waals surface area (Å²) in [4.78, 5) is 11.7. The summed E-state index contributed by atoms with van der Waals surface area (Å²) in [7, 11) is 0. The van der Waals surface area contributed by atoms with E-state index in [1.807, 2.05) is 6.92 Å². The lowest BCUT2D eigenvalue weighted by Gasteiger charge is -2.14. The fourth-order valence-electron chi connectivity index (χ4n) is 1.34. The summed E-state index contributed by atoms with van der Waals surface area (Å²) < 4.78 is 0. The van der Waals surface area contributed by atoms with E-state index in [2.05, 4.69) is 5.32 Å². The molecule has 1 amide bonds. The van der Waals surface area contributed by atoms with E-state index in [-0.39, 0.29) is 24.3 Å². The van der Waals surface area contributed by atoms with Gasteiger partial charge in [0.2, 0.25) is 0 Å². The Bertz CT molecular complexity index is 373. The normalized spacial score (nSPS) is 12.2. The number of aliphatic hydroxyl groups is 1. The number of hydrogen-bond acceptors (Lipinski definition) is 3. The van der Waals surface area contributed by atoms with Crippen LogP contribution >= 0.6 is 0 Å². The Morgan fingerprint density at radius 2 is 2.19 bits per heavy atom. The molecule has 1 aromatic rings. The predicted molar refractivity (Wildman–Crippen MR) is 61.5 cm³/mol. The van der Waals surface area contributed by atoms with E-state index in [9.17, 15) is 9.90 Å². The maximum Gasteiger partial charge on any atom is 0.251 e. The van der Waals surface area contributed by atoms with Gasteiger partial charge in [-0.2, -0.15) is 0 Å². The Labute approximate surface area is 94.9 Å². The van der Waals surface area contributed by atoms with Gasteiger partial charge in [-0.3, -0.25) is 4.79 Å². The molecular weight excluding hydrogens is 206 g/mol. The number of hydrogen-bond donors (Lipinski definition) is 3. The monoisotopic (exact) mass is 223 g/mol. The molecule has 0 saturated heterocycles. The summed E-state index contributed by atoms with van der Waals surface area (Å²) in [5.74, 6) is -0.0604. The van der Waals surface area contributed by atoms with Crippen LogP contribution in [-0.4, -0.2) is 28.8 Å². The third kappa shape index (κ3) is 2.97. The number of phenols is 1. The van der Waals surface area contributed by atoms with Crippen LogP contribution in [-0.2, 0) is 0 Å². The van der Waals surface area contributed by atoms with Crippen molar-refractivity contribution in [1.29, 1.82) is 0 Å². The topological polar surface area (TPSA) is 69.6 Å². The molecule has 3 N–H and O–H groups in total. The Balaban J connectivity index is 2.76. The van der Waals surface area contributed by atoms with Crippen LogP contribution in [0.1, 0.15) is 29.3 Å². The third-order valence-electron chi connectivity index (χ3n) is 2.51.